The Kier molecular flexibility index (Phi) is 6.62. The first kappa shape index (κ1) is 16.3. The molecule has 1 aromatic carbocycles. The summed E-state index contributed by atoms with van der Waals surface area (Å²) in [5.41, 5.74) is -3.39. The highest BCUT2D eigenvalue weighted by atomic mass is 31.2. The van der Waals surface area contributed by atoms with Gasteiger partial charge in [-0.25, -0.2) is 0 Å². The topological polar surface area (TPSA) is 17.1 Å². The van der Waals surface area contributed by atoms with Crippen LogP contribution in [0.15, 0.2) is 30.3 Å². The van der Waals surface area contributed by atoms with Crippen molar-refractivity contribution in [2.75, 3.05) is 13.3 Å². The fourth-order valence-corrected chi connectivity index (χ4v) is 1.72. The van der Waals surface area contributed by atoms with Gasteiger partial charge in [-0.15, -0.1) is 0 Å². The van der Waals surface area contributed by atoms with Crippen LogP contribution in [0.4, 0.5) is 8.78 Å². The van der Waals surface area contributed by atoms with Crippen molar-refractivity contribution in [1.29, 1.82) is 0 Å². The SMILES string of the molecule is CCCC.CP(C)(=O)C(F)(F)c1ccccc1. The Balaban J connectivity index is 0.000000557. The van der Waals surface area contributed by atoms with Crippen molar-refractivity contribution in [3.63, 3.8) is 0 Å². The molecule has 0 spiro atoms. The fourth-order valence-electron chi connectivity index (χ4n) is 0.950. The standard InChI is InChI=1S/C9H11F2OP.C4H10/c1-13(2,12)9(10,11)8-6-4-3-5-7-8;1-3-4-2/h3-7H,1-2H3;3-4H2,1-2H3. The molecule has 17 heavy (non-hydrogen) atoms. The van der Waals surface area contributed by atoms with Gasteiger partial charge in [0, 0.05) is 5.56 Å². The number of hydrogen-bond donors (Lipinski definition) is 0. The van der Waals surface area contributed by atoms with Gasteiger partial charge in [-0.1, -0.05) is 57.0 Å². The summed E-state index contributed by atoms with van der Waals surface area (Å²) in [6.07, 6.45) is 2.64. The largest absolute Gasteiger partial charge is 0.322 e. The van der Waals surface area contributed by atoms with Crippen LogP contribution in [-0.4, -0.2) is 13.3 Å². The van der Waals surface area contributed by atoms with Gasteiger partial charge in [-0.3, -0.25) is 0 Å². The zero-order chi connectivity index (χ0) is 13.5. The molecule has 98 valence electrons. The zero-order valence-corrected chi connectivity index (χ0v) is 11.8. The molecule has 0 saturated carbocycles. The molecule has 0 N–H and O–H groups in total. The van der Waals surface area contributed by atoms with Gasteiger partial charge in [-0.05, 0) is 13.3 Å². The van der Waals surface area contributed by atoms with Crippen LogP contribution in [0.25, 0.3) is 0 Å². The third kappa shape index (κ3) is 4.99. The summed E-state index contributed by atoms with van der Waals surface area (Å²) in [5, 5.41) is 0. The third-order valence-corrected chi connectivity index (χ3v) is 3.91. The minimum atomic E-state index is -3.42. The van der Waals surface area contributed by atoms with Crippen molar-refractivity contribution in [3.8, 4) is 0 Å². The van der Waals surface area contributed by atoms with Crippen LogP contribution in [0.3, 0.4) is 0 Å². The van der Waals surface area contributed by atoms with E-state index in [4.69, 9.17) is 0 Å². The van der Waals surface area contributed by atoms with Gasteiger partial charge in [-0.2, -0.15) is 8.78 Å². The number of rotatable bonds is 3. The maximum absolute atomic E-state index is 13.4. The number of hydrogen-bond acceptors (Lipinski definition) is 1. The lowest BCUT2D eigenvalue weighted by Gasteiger charge is -2.20. The molecule has 1 nitrogen and oxygen atoms in total. The normalized spacial score (nSPS) is 11.6. The molecule has 0 aliphatic carbocycles. The van der Waals surface area contributed by atoms with Crippen molar-refractivity contribution in [2.24, 2.45) is 0 Å². The highest BCUT2D eigenvalue weighted by Gasteiger charge is 2.44. The molecule has 0 radical (unpaired) electrons. The van der Waals surface area contributed by atoms with E-state index in [1.165, 1.54) is 37.1 Å². The van der Waals surface area contributed by atoms with E-state index in [0.29, 0.717) is 0 Å². The van der Waals surface area contributed by atoms with Crippen LogP contribution in [-0.2, 0) is 10.2 Å². The molecular weight excluding hydrogens is 241 g/mol. The number of benzene rings is 1. The van der Waals surface area contributed by atoms with Crippen molar-refractivity contribution >= 4 is 7.14 Å². The Morgan fingerprint density at radius 1 is 1.06 bits per heavy atom. The van der Waals surface area contributed by atoms with E-state index in [0.717, 1.165) is 13.3 Å². The van der Waals surface area contributed by atoms with E-state index >= 15 is 0 Å². The van der Waals surface area contributed by atoms with Crippen LogP contribution < -0.4 is 0 Å². The van der Waals surface area contributed by atoms with E-state index in [2.05, 4.69) is 13.8 Å². The number of alkyl halides is 2. The van der Waals surface area contributed by atoms with Crippen LogP contribution >= 0.6 is 7.14 Å². The molecule has 0 bridgehead atoms. The van der Waals surface area contributed by atoms with E-state index in [-0.39, 0.29) is 5.56 Å². The zero-order valence-electron chi connectivity index (χ0n) is 10.9. The number of unbranched alkanes of at least 4 members (excludes halogenated alkanes) is 1. The second-order valence-corrected chi connectivity index (χ2v) is 7.52. The van der Waals surface area contributed by atoms with E-state index < -0.39 is 12.8 Å². The van der Waals surface area contributed by atoms with Gasteiger partial charge in [0.15, 0.2) is 7.14 Å². The molecule has 0 fully saturated rings. The average Bonchev–Trinajstić information content (AvgIpc) is 2.29. The van der Waals surface area contributed by atoms with Crippen LogP contribution in [0, 0.1) is 0 Å². The maximum Gasteiger partial charge on any atom is 0.322 e. The lowest BCUT2D eigenvalue weighted by Crippen LogP contribution is -2.12. The second kappa shape index (κ2) is 6.90. The van der Waals surface area contributed by atoms with Crippen molar-refractivity contribution in [3.05, 3.63) is 35.9 Å². The maximum atomic E-state index is 13.4. The number of halogens is 2. The van der Waals surface area contributed by atoms with E-state index in [1.54, 1.807) is 6.07 Å². The molecule has 0 heterocycles. The highest BCUT2D eigenvalue weighted by molar-refractivity contribution is 7.63. The Bertz CT molecular complexity index is 355. The van der Waals surface area contributed by atoms with Gasteiger partial charge < -0.3 is 4.57 Å². The van der Waals surface area contributed by atoms with Crippen LogP contribution in [0.2, 0.25) is 0 Å². The Morgan fingerprint density at radius 3 is 1.76 bits per heavy atom. The first-order valence-electron chi connectivity index (χ1n) is 5.75. The molecule has 1 rings (SSSR count). The highest BCUT2D eigenvalue weighted by Crippen LogP contribution is 2.59. The Hall–Kier alpha value is -0.690. The van der Waals surface area contributed by atoms with Crippen molar-refractivity contribution < 1.29 is 13.3 Å². The molecule has 0 aliphatic rings. The van der Waals surface area contributed by atoms with Gasteiger partial charge in [0.25, 0.3) is 0 Å². The molecule has 0 atom stereocenters. The van der Waals surface area contributed by atoms with E-state index in [9.17, 15) is 13.3 Å². The van der Waals surface area contributed by atoms with Gasteiger partial charge >= 0.3 is 5.66 Å². The molecule has 0 aliphatic heterocycles. The van der Waals surface area contributed by atoms with Crippen LogP contribution in [0.5, 0.6) is 0 Å². The quantitative estimate of drug-likeness (QED) is 0.687. The van der Waals surface area contributed by atoms with Crippen molar-refractivity contribution in [1.82, 2.24) is 0 Å². The molecule has 4 heteroatoms. The molecule has 1 aromatic rings. The molecular formula is C13H21F2OP. The van der Waals surface area contributed by atoms with Crippen LogP contribution in [0.1, 0.15) is 32.3 Å². The summed E-state index contributed by atoms with van der Waals surface area (Å²) in [4.78, 5) is 0. The summed E-state index contributed by atoms with van der Waals surface area (Å²) in [6.45, 7) is 6.56. The second-order valence-electron chi connectivity index (χ2n) is 4.26. The van der Waals surface area contributed by atoms with Crippen molar-refractivity contribution in [2.45, 2.75) is 32.4 Å². The first-order chi connectivity index (χ1) is 7.77. The predicted molar refractivity (Wildman–Crippen MR) is 70.4 cm³/mol. The molecule has 0 amide bonds. The lowest BCUT2D eigenvalue weighted by atomic mass is 10.2. The van der Waals surface area contributed by atoms with Gasteiger partial charge in [0.05, 0.1) is 0 Å². The monoisotopic (exact) mass is 262 g/mol. The average molecular weight is 262 g/mol. The smallest absolute Gasteiger partial charge is 0.317 e. The minimum absolute atomic E-state index is 0.177. The van der Waals surface area contributed by atoms with Gasteiger partial charge in [0.1, 0.15) is 0 Å². The fraction of sp³-hybridized carbons (Fsp3) is 0.538. The molecule has 0 aromatic heterocycles. The summed E-state index contributed by atoms with van der Waals surface area (Å²) < 4.78 is 38.1. The summed E-state index contributed by atoms with van der Waals surface area (Å²) >= 11 is 0. The summed E-state index contributed by atoms with van der Waals surface area (Å²) in [7, 11) is -3.42. The molecule has 0 saturated heterocycles. The lowest BCUT2D eigenvalue weighted by molar-refractivity contribution is 0.0893. The summed E-state index contributed by atoms with van der Waals surface area (Å²) in [6, 6.07) is 7.26. The van der Waals surface area contributed by atoms with E-state index in [1.807, 2.05) is 0 Å². The molecule has 0 unspecified atom stereocenters. The Morgan fingerprint density at radius 2 is 1.47 bits per heavy atom. The van der Waals surface area contributed by atoms with Gasteiger partial charge in [0.2, 0.25) is 0 Å². The predicted octanol–water partition coefficient (Wildman–Crippen LogP) is 5.17. The Labute approximate surface area is 103 Å². The summed E-state index contributed by atoms with van der Waals surface area (Å²) in [5.74, 6) is 0. The minimum Gasteiger partial charge on any atom is -0.317 e. The third-order valence-electron chi connectivity index (χ3n) is 2.30. The first-order valence-corrected chi connectivity index (χ1v) is 8.35.